The van der Waals surface area contributed by atoms with E-state index in [1.54, 1.807) is 12.1 Å². The van der Waals surface area contributed by atoms with E-state index in [9.17, 15) is 0 Å². The summed E-state index contributed by atoms with van der Waals surface area (Å²) in [4.78, 5) is 0. The fourth-order valence-electron chi connectivity index (χ4n) is 2.82. The van der Waals surface area contributed by atoms with E-state index in [1.165, 1.54) is 30.4 Å². The lowest BCUT2D eigenvalue weighted by Crippen LogP contribution is -2.16. The smallest absolute Gasteiger partial charge is 0.120 e. The molecule has 2 nitrogen and oxygen atoms in total. The zero-order valence-electron chi connectivity index (χ0n) is 11.3. The molecule has 1 unspecified atom stereocenters. The lowest BCUT2D eigenvalue weighted by molar-refractivity contribution is 0.274. The Kier molecular flexibility index (Phi) is 3.83. The summed E-state index contributed by atoms with van der Waals surface area (Å²) < 4.78 is 5.90. The van der Waals surface area contributed by atoms with Crippen LogP contribution in [0.3, 0.4) is 0 Å². The molecule has 0 saturated carbocycles. The zero-order valence-corrected chi connectivity index (χ0v) is 12.1. The van der Waals surface area contributed by atoms with Crippen molar-refractivity contribution in [2.24, 2.45) is 0 Å². The van der Waals surface area contributed by atoms with Crippen molar-refractivity contribution in [3.8, 4) is 5.75 Å². The molecule has 0 aromatic heterocycles. The average Bonchev–Trinajstić information content (AvgIpc) is 2.48. The van der Waals surface area contributed by atoms with E-state index in [-0.39, 0.29) is 0 Å². The predicted octanol–water partition coefficient (Wildman–Crippen LogP) is 4.42. The molecule has 104 valence electrons. The van der Waals surface area contributed by atoms with Crippen molar-refractivity contribution in [3.05, 3.63) is 58.6 Å². The van der Waals surface area contributed by atoms with Crippen molar-refractivity contribution in [1.29, 1.82) is 0 Å². The van der Waals surface area contributed by atoms with Gasteiger partial charge >= 0.3 is 0 Å². The number of halogens is 1. The molecule has 0 radical (unpaired) electrons. The lowest BCUT2D eigenvalue weighted by Gasteiger charge is -2.25. The molecule has 0 fully saturated rings. The van der Waals surface area contributed by atoms with Gasteiger partial charge in [0.1, 0.15) is 5.75 Å². The molecule has 20 heavy (non-hydrogen) atoms. The molecule has 3 heteroatoms. The van der Waals surface area contributed by atoms with Gasteiger partial charge in [0, 0.05) is 12.0 Å². The fourth-order valence-corrected chi connectivity index (χ4v) is 2.99. The van der Waals surface area contributed by atoms with Crippen LogP contribution < -0.4 is 10.5 Å². The maximum atomic E-state index is 6.01. The number of nitrogens with two attached hydrogens (primary N) is 1. The molecule has 2 N–H and O–H groups in total. The van der Waals surface area contributed by atoms with E-state index in [4.69, 9.17) is 22.1 Å². The Balaban J connectivity index is 1.71. The Hall–Kier alpha value is -1.67. The van der Waals surface area contributed by atoms with Crippen molar-refractivity contribution in [2.75, 3.05) is 12.3 Å². The van der Waals surface area contributed by atoms with Gasteiger partial charge in [0.2, 0.25) is 0 Å². The summed E-state index contributed by atoms with van der Waals surface area (Å²) in [5.41, 5.74) is 9.18. The minimum Gasteiger partial charge on any atom is -0.493 e. The summed E-state index contributed by atoms with van der Waals surface area (Å²) in [7, 11) is 0. The molecule has 3 rings (SSSR count). The highest BCUT2D eigenvalue weighted by atomic mass is 35.5. The van der Waals surface area contributed by atoms with E-state index in [2.05, 4.69) is 24.3 Å². The van der Waals surface area contributed by atoms with Crippen LogP contribution in [0.2, 0.25) is 5.02 Å². The highest BCUT2D eigenvalue weighted by Crippen LogP contribution is 2.32. The van der Waals surface area contributed by atoms with Gasteiger partial charge in [-0.05, 0) is 42.5 Å². The maximum absolute atomic E-state index is 6.01. The lowest BCUT2D eigenvalue weighted by atomic mass is 9.83. The van der Waals surface area contributed by atoms with E-state index in [0.29, 0.717) is 23.2 Å². The highest BCUT2D eigenvalue weighted by Gasteiger charge is 2.20. The van der Waals surface area contributed by atoms with Crippen LogP contribution in [0.4, 0.5) is 5.69 Å². The van der Waals surface area contributed by atoms with Crippen LogP contribution in [-0.4, -0.2) is 6.61 Å². The van der Waals surface area contributed by atoms with Crippen molar-refractivity contribution in [1.82, 2.24) is 0 Å². The average molecular weight is 288 g/mol. The molecule has 1 aliphatic carbocycles. The SMILES string of the molecule is Nc1ccc(OCC2CCCc3ccccc32)cc1Cl. The van der Waals surface area contributed by atoms with Gasteiger partial charge < -0.3 is 10.5 Å². The van der Waals surface area contributed by atoms with Crippen molar-refractivity contribution in [2.45, 2.75) is 25.2 Å². The summed E-state index contributed by atoms with van der Waals surface area (Å²) in [5, 5.41) is 0.548. The zero-order chi connectivity index (χ0) is 13.9. The van der Waals surface area contributed by atoms with Crippen LogP contribution in [-0.2, 0) is 6.42 Å². The molecule has 0 saturated heterocycles. The number of ether oxygens (including phenoxy) is 1. The summed E-state index contributed by atoms with van der Waals surface area (Å²) in [6.45, 7) is 0.692. The van der Waals surface area contributed by atoms with E-state index in [0.717, 1.165) is 5.75 Å². The summed E-state index contributed by atoms with van der Waals surface area (Å²) in [5.74, 6) is 1.25. The standard InChI is InChI=1S/C17H18ClNO/c18-16-10-14(8-9-17(16)19)20-11-13-6-3-5-12-4-1-2-7-15(12)13/h1-2,4,7-10,13H,3,5-6,11,19H2. The highest BCUT2D eigenvalue weighted by molar-refractivity contribution is 6.33. The largest absolute Gasteiger partial charge is 0.493 e. The normalized spacial score (nSPS) is 17.6. The third kappa shape index (κ3) is 2.75. The molecule has 0 aliphatic heterocycles. The second-order valence-electron chi connectivity index (χ2n) is 5.28. The summed E-state index contributed by atoms with van der Waals surface area (Å²) in [6.07, 6.45) is 3.59. The van der Waals surface area contributed by atoms with Crippen LogP contribution >= 0.6 is 11.6 Å². The first-order valence-electron chi connectivity index (χ1n) is 6.99. The van der Waals surface area contributed by atoms with Gasteiger partial charge in [-0.3, -0.25) is 0 Å². The first-order chi connectivity index (χ1) is 9.74. The monoisotopic (exact) mass is 287 g/mol. The number of rotatable bonds is 3. The number of nitrogen functional groups attached to an aromatic ring is 1. The number of anilines is 1. The fraction of sp³-hybridized carbons (Fsp3) is 0.294. The number of hydrogen-bond acceptors (Lipinski definition) is 2. The number of benzene rings is 2. The molecule has 2 aromatic carbocycles. The first-order valence-corrected chi connectivity index (χ1v) is 7.37. The summed E-state index contributed by atoms with van der Waals surface area (Å²) in [6, 6.07) is 14.1. The quantitative estimate of drug-likeness (QED) is 0.848. The van der Waals surface area contributed by atoms with Crippen LogP contribution in [0, 0.1) is 0 Å². The molecule has 2 aromatic rings. The molecule has 0 heterocycles. The molecular weight excluding hydrogens is 270 g/mol. The number of hydrogen-bond donors (Lipinski definition) is 1. The minimum absolute atomic E-state index is 0.469. The molecule has 1 aliphatic rings. The molecular formula is C17H18ClNO. The van der Waals surface area contributed by atoms with Gasteiger partial charge in [-0.2, -0.15) is 0 Å². The minimum atomic E-state index is 0.469. The maximum Gasteiger partial charge on any atom is 0.120 e. The summed E-state index contributed by atoms with van der Waals surface area (Å²) >= 11 is 6.01. The van der Waals surface area contributed by atoms with Gasteiger partial charge in [-0.25, -0.2) is 0 Å². The van der Waals surface area contributed by atoms with Gasteiger partial charge in [0.15, 0.2) is 0 Å². The predicted molar refractivity (Wildman–Crippen MR) is 83.5 cm³/mol. The van der Waals surface area contributed by atoms with E-state index < -0.39 is 0 Å². The van der Waals surface area contributed by atoms with Gasteiger partial charge in [-0.15, -0.1) is 0 Å². The third-order valence-corrected chi connectivity index (χ3v) is 4.24. The molecule has 1 atom stereocenters. The topological polar surface area (TPSA) is 35.2 Å². The van der Waals surface area contributed by atoms with E-state index >= 15 is 0 Å². The van der Waals surface area contributed by atoms with Crippen LogP contribution in [0.25, 0.3) is 0 Å². The van der Waals surface area contributed by atoms with Crippen molar-refractivity contribution in [3.63, 3.8) is 0 Å². The Labute approximate surface area is 124 Å². The van der Waals surface area contributed by atoms with Crippen molar-refractivity contribution >= 4 is 17.3 Å². The Morgan fingerprint density at radius 3 is 2.90 bits per heavy atom. The second-order valence-corrected chi connectivity index (χ2v) is 5.69. The van der Waals surface area contributed by atoms with Crippen LogP contribution in [0.1, 0.15) is 29.9 Å². The second kappa shape index (κ2) is 5.76. The van der Waals surface area contributed by atoms with E-state index in [1.807, 2.05) is 6.07 Å². The molecule has 0 amide bonds. The first kappa shape index (κ1) is 13.3. The van der Waals surface area contributed by atoms with Gasteiger partial charge in [0.05, 0.1) is 17.3 Å². The Bertz CT molecular complexity index is 612. The van der Waals surface area contributed by atoms with Gasteiger partial charge in [0.25, 0.3) is 0 Å². The number of aryl methyl sites for hydroxylation is 1. The van der Waals surface area contributed by atoms with Crippen LogP contribution in [0.15, 0.2) is 42.5 Å². The molecule has 0 bridgehead atoms. The third-order valence-electron chi connectivity index (χ3n) is 3.92. The molecule has 0 spiro atoms. The van der Waals surface area contributed by atoms with Gasteiger partial charge in [-0.1, -0.05) is 35.9 Å². The Morgan fingerprint density at radius 1 is 1.20 bits per heavy atom. The van der Waals surface area contributed by atoms with Crippen LogP contribution in [0.5, 0.6) is 5.75 Å². The Morgan fingerprint density at radius 2 is 2.05 bits per heavy atom. The van der Waals surface area contributed by atoms with Crippen molar-refractivity contribution < 1.29 is 4.74 Å². The number of fused-ring (bicyclic) bond motifs is 1.